The van der Waals surface area contributed by atoms with E-state index < -0.39 is 32.0 Å². The first-order chi connectivity index (χ1) is 16.3. The predicted octanol–water partition coefficient (Wildman–Crippen LogP) is 3.74. The Morgan fingerprint density at radius 3 is 2.23 bits per heavy atom. The number of pyridine rings is 1. The molecule has 0 bridgehead atoms. The first-order valence-corrected chi connectivity index (χ1v) is 13.9. The van der Waals surface area contributed by atoms with Crippen molar-refractivity contribution in [2.75, 3.05) is 22.9 Å². The van der Waals surface area contributed by atoms with E-state index in [2.05, 4.69) is 9.71 Å². The summed E-state index contributed by atoms with van der Waals surface area (Å²) in [6, 6.07) is 16.6. The van der Waals surface area contributed by atoms with E-state index in [9.17, 15) is 30.0 Å². The van der Waals surface area contributed by atoms with E-state index in [-0.39, 0.29) is 18.8 Å². The van der Waals surface area contributed by atoms with Gasteiger partial charge in [-0.15, -0.1) is 0 Å². The Balaban J connectivity index is 1.89. The number of hydrogen-bond acceptors (Lipinski definition) is 5. The van der Waals surface area contributed by atoms with Gasteiger partial charge in [0.2, 0.25) is 20.0 Å². The summed E-state index contributed by atoms with van der Waals surface area (Å²) in [4.78, 5) is 3.91. The molecule has 0 aliphatic carbocycles. The van der Waals surface area contributed by atoms with Gasteiger partial charge >= 0.3 is 6.18 Å². The van der Waals surface area contributed by atoms with Gasteiger partial charge in [-0.05, 0) is 46.9 Å². The minimum Gasteiger partial charge on any atom is -0.265 e. The maximum absolute atomic E-state index is 13.0. The predicted molar refractivity (Wildman–Crippen MR) is 129 cm³/mol. The van der Waals surface area contributed by atoms with Crippen LogP contribution < -0.4 is 9.03 Å². The van der Waals surface area contributed by atoms with Gasteiger partial charge in [0.25, 0.3) is 0 Å². The molecule has 35 heavy (non-hydrogen) atoms. The van der Waals surface area contributed by atoms with E-state index in [1.165, 1.54) is 24.5 Å². The van der Waals surface area contributed by atoms with Gasteiger partial charge in [-0.2, -0.15) is 13.2 Å². The van der Waals surface area contributed by atoms with Crippen LogP contribution in [0, 0.1) is 0 Å². The zero-order valence-electron chi connectivity index (χ0n) is 18.7. The second kappa shape index (κ2) is 10.8. The number of halogens is 3. The lowest BCUT2D eigenvalue weighted by atomic mass is 10.0. The van der Waals surface area contributed by atoms with Crippen LogP contribution in [-0.4, -0.2) is 46.5 Å². The Kier molecular flexibility index (Phi) is 8.18. The number of nitrogens with zero attached hydrogens (tertiary/aromatic N) is 2. The van der Waals surface area contributed by atoms with Crippen molar-refractivity contribution >= 4 is 25.7 Å². The highest BCUT2D eigenvalue weighted by Crippen LogP contribution is 2.30. The molecule has 0 radical (unpaired) electrons. The van der Waals surface area contributed by atoms with Crippen LogP contribution in [0.5, 0.6) is 0 Å². The van der Waals surface area contributed by atoms with Crippen LogP contribution in [0.3, 0.4) is 0 Å². The molecule has 3 rings (SSSR count). The number of alkyl halides is 3. The third-order valence-electron chi connectivity index (χ3n) is 4.93. The Hall–Kier alpha value is -2.96. The molecule has 1 N–H and O–H groups in total. The molecule has 0 aliphatic rings. The van der Waals surface area contributed by atoms with E-state index in [4.69, 9.17) is 0 Å². The standard InChI is InChI=1S/C23H24F3N3O4S2/c1-34(30,31)28-13-11-18-7-9-20(10-8-18)21-5-2-6-22(14-21)29(16-19-4-3-12-27-15-19)35(32,33)17-23(24,25)26/h2-10,12,14-15,28H,11,13,16-17H2,1H3. The first-order valence-electron chi connectivity index (χ1n) is 10.4. The lowest BCUT2D eigenvalue weighted by molar-refractivity contribution is -0.106. The second-order valence-corrected chi connectivity index (χ2v) is 11.6. The van der Waals surface area contributed by atoms with E-state index in [0.717, 1.165) is 21.7 Å². The fourth-order valence-corrected chi connectivity index (χ4v) is 5.20. The second-order valence-electron chi connectivity index (χ2n) is 7.90. The van der Waals surface area contributed by atoms with Gasteiger partial charge < -0.3 is 0 Å². The van der Waals surface area contributed by atoms with Gasteiger partial charge in [0.15, 0.2) is 5.75 Å². The highest BCUT2D eigenvalue weighted by Gasteiger charge is 2.38. The maximum Gasteiger partial charge on any atom is 0.404 e. The van der Waals surface area contributed by atoms with Crippen LogP contribution in [0.15, 0.2) is 73.1 Å². The molecule has 0 atom stereocenters. The molecule has 1 heterocycles. The quantitative estimate of drug-likeness (QED) is 0.433. The molecule has 188 valence electrons. The summed E-state index contributed by atoms with van der Waals surface area (Å²) in [6.07, 6.45) is -0.458. The van der Waals surface area contributed by atoms with E-state index >= 15 is 0 Å². The summed E-state index contributed by atoms with van der Waals surface area (Å²) < 4.78 is 90.2. The lowest BCUT2D eigenvalue weighted by Crippen LogP contribution is -2.37. The summed E-state index contributed by atoms with van der Waals surface area (Å²) >= 11 is 0. The van der Waals surface area contributed by atoms with Gasteiger partial charge in [0.05, 0.1) is 18.5 Å². The summed E-state index contributed by atoms with van der Waals surface area (Å²) in [7, 11) is -8.02. The molecule has 0 spiro atoms. The smallest absolute Gasteiger partial charge is 0.265 e. The minimum atomic E-state index is -4.90. The lowest BCUT2D eigenvalue weighted by Gasteiger charge is -2.25. The first kappa shape index (κ1) is 26.6. The monoisotopic (exact) mass is 527 g/mol. The summed E-state index contributed by atoms with van der Waals surface area (Å²) in [6.45, 7) is -0.0595. The number of nitrogens with one attached hydrogen (secondary N) is 1. The molecule has 0 amide bonds. The fourth-order valence-electron chi connectivity index (χ4n) is 3.38. The van der Waals surface area contributed by atoms with Crippen molar-refractivity contribution in [3.8, 4) is 11.1 Å². The summed E-state index contributed by atoms with van der Waals surface area (Å²) in [5.41, 5.74) is 2.75. The topological polar surface area (TPSA) is 96.4 Å². The van der Waals surface area contributed by atoms with E-state index in [1.807, 2.05) is 0 Å². The molecule has 0 fully saturated rings. The Bertz CT molecular complexity index is 1350. The molecule has 1 aromatic heterocycles. The van der Waals surface area contributed by atoms with Crippen molar-refractivity contribution in [3.63, 3.8) is 0 Å². The largest absolute Gasteiger partial charge is 0.404 e. The van der Waals surface area contributed by atoms with Crippen LogP contribution in [-0.2, 0) is 33.0 Å². The van der Waals surface area contributed by atoms with Crippen LogP contribution in [0.2, 0.25) is 0 Å². The summed E-state index contributed by atoms with van der Waals surface area (Å²) in [5.74, 6) is -1.99. The van der Waals surface area contributed by atoms with Gasteiger partial charge in [-0.3, -0.25) is 9.29 Å². The Labute approximate surface area is 202 Å². The third-order valence-corrected chi connectivity index (χ3v) is 7.36. The van der Waals surface area contributed by atoms with Gasteiger partial charge in [0, 0.05) is 18.9 Å². The Morgan fingerprint density at radius 2 is 1.63 bits per heavy atom. The maximum atomic E-state index is 13.0. The molecule has 0 saturated carbocycles. The number of aromatic nitrogens is 1. The van der Waals surface area contributed by atoms with Gasteiger partial charge in [-0.1, -0.05) is 42.5 Å². The van der Waals surface area contributed by atoms with Crippen LogP contribution in [0.25, 0.3) is 11.1 Å². The van der Waals surface area contributed by atoms with Crippen LogP contribution in [0.4, 0.5) is 18.9 Å². The SMILES string of the molecule is CS(=O)(=O)NCCc1ccc(-c2cccc(N(Cc3cccnc3)S(=O)(=O)CC(F)(F)F)c2)cc1. The number of sulfonamides is 2. The number of rotatable bonds is 10. The molecule has 2 aromatic carbocycles. The van der Waals surface area contributed by atoms with Crippen molar-refractivity contribution in [3.05, 3.63) is 84.2 Å². The zero-order valence-corrected chi connectivity index (χ0v) is 20.4. The highest BCUT2D eigenvalue weighted by molar-refractivity contribution is 7.92. The van der Waals surface area contributed by atoms with Crippen molar-refractivity contribution < 1.29 is 30.0 Å². The number of benzene rings is 2. The van der Waals surface area contributed by atoms with Crippen molar-refractivity contribution in [2.45, 2.75) is 19.1 Å². The normalized spacial score (nSPS) is 12.5. The number of hydrogen-bond donors (Lipinski definition) is 1. The average molecular weight is 528 g/mol. The Morgan fingerprint density at radius 1 is 0.914 bits per heavy atom. The molecule has 0 unspecified atom stereocenters. The summed E-state index contributed by atoms with van der Waals surface area (Å²) in [5, 5.41) is 0. The molecule has 0 saturated heterocycles. The van der Waals surface area contributed by atoms with Crippen molar-refractivity contribution in [1.29, 1.82) is 0 Å². The molecular formula is C23H24F3N3O4S2. The third kappa shape index (κ3) is 8.34. The van der Waals surface area contributed by atoms with Gasteiger partial charge in [0.1, 0.15) is 0 Å². The zero-order chi connectivity index (χ0) is 25.7. The molecular weight excluding hydrogens is 503 g/mol. The molecule has 12 heteroatoms. The van der Waals surface area contributed by atoms with Crippen molar-refractivity contribution in [2.24, 2.45) is 0 Å². The average Bonchev–Trinajstić information content (AvgIpc) is 2.76. The van der Waals surface area contributed by atoms with Crippen LogP contribution >= 0.6 is 0 Å². The number of anilines is 1. The van der Waals surface area contributed by atoms with Crippen LogP contribution in [0.1, 0.15) is 11.1 Å². The fraction of sp³-hybridized carbons (Fsp3) is 0.261. The molecule has 7 nitrogen and oxygen atoms in total. The minimum absolute atomic E-state index is 0.0945. The molecule has 3 aromatic rings. The highest BCUT2D eigenvalue weighted by atomic mass is 32.2. The molecule has 0 aliphatic heterocycles. The van der Waals surface area contributed by atoms with Crippen molar-refractivity contribution in [1.82, 2.24) is 9.71 Å². The van der Waals surface area contributed by atoms with E-state index in [1.54, 1.807) is 48.5 Å². The van der Waals surface area contributed by atoms with Gasteiger partial charge in [-0.25, -0.2) is 21.6 Å². The van der Waals surface area contributed by atoms with E-state index in [0.29, 0.717) is 17.5 Å².